The Balaban J connectivity index is 1.86. The van der Waals surface area contributed by atoms with Crippen molar-refractivity contribution in [2.75, 3.05) is 27.3 Å². The smallest absolute Gasteiger partial charge is 0.373 e. The summed E-state index contributed by atoms with van der Waals surface area (Å²) in [7, 11) is 3.11. The third-order valence-corrected chi connectivity index (χ3v) is 3.30. The van der Waals surface area contributed by atoms with Gasteiger partial charge in [-0.25, -0.2) is 4.79 Å². The molecule has 0 amide bonds. The van der Waals surface area contributed by atoms with E-state index >= 15 is 0 Å². The summed E-state index contributed by atoms with van der Waals surface area (Å²) in [6.07, 6.45) is 2.46. The van der Waals surface area contributed by atoms with Gasteiger partial charge in [0, 0.05) is 20.2 Å². The predicted molar refractivity (Wildman–Crippen MR) is 65.4 cm³/mol. The van der Waals surface area contributed by atoms with Crippen LogP contribution in [0.15, 0.2) is 16.5 Å². The molecule has 5 heteroatoms. The van der Waals surface area contributed by atoms with Gasteiger partial charge in [0.25, 0.3) is 0 Å². The molecule has 0 saturated carbocycles. The van der Waals surface area contributed by atoms with Gasteiger partial charge < -0.3 is 13.9 Å². The molecule has 0 aliphatic carbocycles. The number of hydrogen-bond acceptors (Lipinski definition) is 5. The van der Waals surface area contributed by atoms with Crippen LogP contribution in [0.25, 0.3) is 0 Å². The fourth-order valence-corrected chi connectivity index (χ4v) is 2.20. The molecule has 100 valence electrons. The van der Waals surface area contributed by atoms with E-state index in [2.05, 4.69) is 9.64 Å². The molecule has 0 radical (unpaired) electrons. The zero-order chi connectivity index (χ0) is 13.0. The third kappa shape index (κ3) is 3.11. The van der Waals surface area contributed by atoms with E-state index in [0.29, 0.717) is 6.10 Å². The van der Waals surface area contributed by atoms with Gasteiger partial charge in [0.15, 0.2) is 0 Å². The zero-order valence-corrected chi connectivity index (χ0v) is 10.8. The average molecular weight is 253 g/mol. The summed E-state index contributed by atoms with van der Waals surface area (Å²) < 4.78 is 15.4. The van der Waals surface area contributed by atoms with Crippen LogP contribution in [0, 0.1) is 0 Å². The first-order valence-electron chi connectivity index (χ1n) is 6.15. The van der Waals surface area contributed by atoms with Crippen molar-refractivity contribution in [3.8, 4) is 0 Å². The first kappa shape index (κ1) is 13.1. The summed E-state index contributed by atoms with van der Waals surface area (Å²) in [4.78, 5) is 13.6. The Morgan fingerprint density at radius 3 is 2.72 bits per heavy atom. The molecule has 18 heavy (non-hydrogen) atoms. The van der Waals surface area contributed by atoms with E-state index in [1.54, 1.807) is 13.2 Å². The molecule has 1 aliphatic rings. The fourth-order valence-electron chi connectivity index (χ4n) is 2.20. The molecule has 1 aliphatic heterocycles. The van der Waals surface area contributed by atoms with E-state index in [1.807, 2.05) is 6.07 Å². The van der Waals surface area contributed by atoms with Crippen molar-refractivity contribution in [1.29, 1.82) is 0 Å². The Kier molecular flexibility index (Phi) is 4.38. The lowest BCUT2D eigenvalue weighted by Crippen LogP contribution is -2.36. The van der Waals surface area contributed by atoms with Crippen molar-refractivity contribution >= 4 is 5.97 Å². The van der Waals surface area contributed by atoms with Crippen molar-refractivity contribution < 1.29 is 18.7 Å². The van der Waals surface area contributed by atoms with Crippen LogP contribution in [0.1, 0.15) is 29.2 Å². The maximum absolute atomic E-state index is 11.3. The molecule has 1 aromatic rings. The highest BCUT2D eigenvalue weighted by atomic mass is 16.5. The molecular formula is C13H19NO4. The average Bonchev–Trinajstić information content (AvgIpc) is 2.87. The highest BCUT2D eigenvalue weighted by Gasteiger charge is 2.20. The van der Waals surface area contributed by atoms with Crippen molar-refractivity contribution in [2.24, 2.45) is 0 Å². The lowest BCUT2D eigenvalue weighted by molar-refractivity contribution is 0.0366. The molecule has 0 bridgehead atoms. The minimum atomic E-state index is -0.431. The summed E-state index contributed by atoms with van der Waals surface area (Å²) in [6, 6.07) is 3.48. The van der Waals surface area contributed by atoms with E-state index in [-0.39, 0.29) is 5.76 Å². The second-order valence-corrected chi connectivity index (χ2v) is 4.47. The molecule has 0 atom stereocenters. The van der Waals surface area contributed by atoms with Gasteiger partial charge in [-0.3, -0.25) is 4.90 Å². The number of hydrogen-bond donors (Lipinski definition) is 0. The molecule has 0 spiro atoms. The van der Waals surface area contributed by atoms with Crippen LogP contribution in [0.2, 0.25) is 0 Å². The number of ether oxygens (including phenoxy) is 2. The lowest BCUT2D eigenvalue weighted by Gasteiger charge is -2.30. The normalized spacial score (nSPS) is 17.9. The Labute approximate surface area is 107 Å². The molecule has 1 saturated heterocycles. The van der Waals surface area contributed by atoms with Gasteiger partial charge in [0.2, 0.25) is 5.76 Å². The maximum Gasteiger partial charge on any atom is 0.373 e. The second-order valence-electron chi connectivity index (χ2n) is 4.47. The van der Waals surface area contributed by atoms with Gasteiger partial charge in [0.1, 0.15) is 5.76 Å². The van der Waals surface area contributed by atoms with Crippen molar-refractivity contribution in [2.45, 2.75) is 25.5 Å². The first-order valence-corrected chi connectivity index (χ1v) is 6.15. The minimum absolute atomic E-state index is 0.263. The molecule has 1 fully saturated rings. The molecule has 0 N–H and O–H groups in total. The Morgan fingerprint density at radius 1 is 1.39 bits per heavy atom. The number of nitrogens with zero attached hydrogens (tertiary/aromatic N) is 1. The topological polar surface area (TPSA) is 51.9 Å². The van der Waals surface area contributed by atoms with Gasteiger partial charge in [0.05, 0.1) is 19.8 Å². The molecule has 0 aromatic carbocycles. The summed E-state index contributed by atoms with van der Waals surface area (Å²) >= 11 is 0. The van der Waals surface area contributed by atoms with Gasteiger partial charge in [-0.05, 0) is 25.0 Å². The highest BCUT2D eigenvalue weighted by Crippen LogP contribution is 2.17. The number of piperidine rings is 1. The van der Waals surface area contributed by atoms with E-state index in [9.17, 15) is 4.79 Å². The number of methoxy groups -OCH3 is 2. The Bertz CT molecular complexity index is 393. The van der Waals surface area contributed by atoms with Crippen LogP contribution in [0.4, 0.5) is 0 Å². The maximum atomic E-state index is 11.3. The van der Waals surface area contributed by atoms with Crippen molar-refractivity contribution in [3.05, 3.63) is 23.7 Å². The number of carbonyl (C=O) groups is 1. The third-order valence-electron chi connectivity index (χ3n) is 3.30. The quantitative estimate of drug-likeness (QED) is 0.764. The van der Waals surface area contributed by atoms with E-state index in [4.69, 9.17) is 9.15 Å². The monoisotopic (exact) mass is 253 g/mol. The van der Waals surface area contributed by atoms with Gasteiger partial charge >= 0.3 is 5.97 Å². The summed E-state index contributed by atoms with van der Waals surface area (Å²) in [5.74, 6) is 0.630. The Hall–Kier alpha value is -1.33. The fraction of sp³-hybridized carbons (Fsp3) is 0.615. The van der Waals surface area contributed by atoms with Gasteiger partial charge in [-0.15, -0.1) is 0 Å². The predicted octanol–water partition coefficient (Wildman–Crippen LogP) is 1.68. The van der Waals surface area contributed by atoms with Gasteiger partial charge in [-0.1, -0.05) is 0 Å². The zero-order valence-electron chi connectivity index (χ0n) is 10.8. The largest absolute Gasteiger partial charge is 0.463 e. The van der Waals surface area contributed by atoms with E-state index in [1.165, 1.54) is 7.11 Å². The van der Waals surface area contributed by atoms with Gasteiger partial charge in [-0.2, -0.15) is 0 Å². The molecule has 1 aromatic heterocycles. The standard InChI is InChI=1S/C13H19NO4/c1-16-10-5-7-14(8-6-10)9-11-3-4-12(18-11)13(15)17-2/h3-4,10H,5-9H2,1-2H3. The van der Waals surface area contributed by atoms with Crippen LogP contribution in [-0.4, -0.2) is 44.3 Å². The molecule has 0 unspecified atom stereocenters. The lowest BCUT2D eigenvalue weighted by atomic mass is 10.1. The van der Waals surface area contributed by atoms with E-state index in [0.717, 1.165) is 38.2 Å². The number of furan rings is 1. The summed E-state index contributed by atoms with van der Waals surface area (Å²) in [5, 5.41) is 0. The number of carbonyl (C=O) groups excluding carboxylic acids is 1. The Morgan fingerprint density at radius 2 is 2.11 bits per heavy atom. The number of likely N-dealkylation sites (tertiary alicyclic amines) is 1. The van der Waals surface area contributed by atoms with Crippen LogP contribution < -0.4 is 0 Å². The summed E-state index contributed by atoms with van der Waals surface area (Å²) in [5.41, 5.74) is 0. The van der Waals surface area contributed by atoms with Crippen LogP contribution in [0.5, 0.6) is 0 Å². The first-order chi connectivity index (χ1) is 8.72. The SMILES string of the molecule is COC(=O)c1ccc(CN2CCC(OC)CC2)o1. The molecular weight excluding hydrogens is 234 g/mol. The van der Waals surface area contributed by atoms with Crippen molar-refractivity contribution in [3.63, 3.8) is 0 Å². The van der Waals surface area contributed by atoms with E-state index < -0.39 is 5.97 Å². The molecule has 2 rings (SSSR count). The summed E-state index contributed by atoms with van der Waals surface area (Å²) in [6.45, 7) is 2.72. The highest BCUT2D eigenvalue weighted by molar-refractivity contribution is 5.86. The van der Waals surface area contributed by atoms with Crippen LogP contribution in [0.3, 0.4) is 0 Å². The molecule has 5 nitrogen and oxygen atoms in total. The number of rotatable bonds is 4. The number of esters is 1. The van der Waals surface area contributed by atoms with Crippen LogP contribution >= 0.6 is 0 Å². The van der Waals surface area contributed by atoms with Crippen molar-refractivity contribution in [1.82, 2.24) is 4.90 Å². The second kappa shape index (κ2) is 6.02. The van der Waals surface area contributed by atoms with Crippen LogP contribution in [-0.2, 0) is 16.0 Å². The minimum Gasteiger partial charge on any atom is -0.463 e. The molecule has 2 heterocycles.